The molecule has 2 aromatic carbocycles. The zero-order valence-corrected chi connectivity index (χ0v) is 15.8. The van der Waals surface area contributed by atoms with Crippen LogP contribution in [-0.2, 0) is 0 Å². The Kier molecular flexibility index (Phi) is 7.30. The van der Waals surface area contributed by atoms with Crippen LogP contribution in [-0.4, -0.2) is 30.0 Å². The zero-order valence-electron chi connectivity index (χ0n) is 14.8. The summed E-state index contributed by atoms with van der Waals surface area (Å²) < 4.78 is 5.88. The molecule has 1 unspecified atom stereocenters. The van der Waals surface area contributed by atoms with Crippen LogP contribution in [0.3, 0.4) is 0 Å². The van der Waals surface area contributed by atoms with Crippen molar-refractivity contribution in [3.8, 4) is 5.75 Å². The van der Waals surface area contributed by atoms with Gasteiger partial charge in [-0.1, -0.05) is 24.3 Å². The molecule has 1 atom stereocenters. The van der Waals surface area contributed by atoms with Gasteiger partial charge in [0.1, 0.15) is 11.4 Å². The fourth-order valence-electron chi connectivity index (χ4n) is 2.55. The van der Waals surface area contributed by atoms with E-state index in [0.717, 1.165) is 33.3 Å². The number of carbonyl (C=O) groups excluding carboxylic acids is 1. The second-order valence-electron chi connectivity index (χ2n) is 6.91. The van der Waals surface area contributed by atoms with Crippen LogP contribution >= 0.6 is 8.58 Å². The Morgan fingerprint density at radius 2 is 1.54 bits per heavy atom. The molecule has 0 saturated carbocycles. The van der Waals surface area contributed by atoms with Gasteiger partial charge in [-0.05, 0) is 84.3 Å². The SMILES string of the molecule is Cc1cc(OC(C)(C)C)ccc1PC(=O)c1c(C)cccc1C.[LiH]. The van der Waals surface area contributed by atoms with E-state index in [-0.39, 0.29) is 38.6 Å². The van der Waals surface area contributed by atoms with Crippen molar-refractivity contribution in [2.24, 2.45) is 0 Å². The van der Waals surface area contributed by atoms with Crippen molar-refractivity contribution in [2.75, 3.05) is 0 Å². The summed E-state index contributed by atoms with van der Waals surface area (Å²) in [5.41, 5.74) is 4.04. The van der Waals surface area contributed by atoms with Gasteiger partial charge in [0.05, 0.1) is 0 Å². The number of aryl methyl sites for hydroxylation is 3. The van der Waals surface area contributed by atoms with Gasteiger partial charge >= 0.3 is 18.9 Å². The molecule has 0 aromatic heterocycles. The van der Waals surface area contributed by atoms with Crippen molar-refractivity contribution in [1.29, 1.82) is 0 Å². The monoisotopic (exact) mass is 336 g/mol. The van der Waals surface area contributed by atoms with Crippen LogP contribution in [0.2, 0.25) is 0 Å². The Morgan fingerprint density at radius 3 is 2.04 bits per heavy atom. The molecule has 24 heavy (non-hydrogen) atoms. The van der Waals surface area contributed by atoms with Crippen LogP contribution < -0.4 is 10.0 Å². The van der Waals surface area contributed by atoms with Crippen LogP contribution in [0.1, 0.15) is 47.8 Å². The van der Waals surface area contributed by atoms with Crippen LogP contribution in [0.4, 0.5) is 0 Å². The molecule has 0 heterocycles. The van der Waals surface area contributed by atoms with E-state index >= 15 is 0 Å². The van der Waals surface area contributed by atoms with Crippen LogP contribution in [0.25, 0.3) is 0 Å². The minimum atomic E-state index is -0.218. The third-order valence-corrected chi connectivity index (χ3v) is 4.89. The first-order valence-corrected chi connectivity index (χ1v) is 8.84. The molecule has 2 nitrogen and oxygen atoms in total. The fourth-order valence-corrected chi connectivity index (χ4v) is 3.75. The predicted molar refractivity (Wildman–Crippen MR) is 107 cm³/mol. The van der Waals surface area contributed by atoms with E-state index in [1.165, 1.54) is 0 Å². The Bertz CT molecular complexity index is 713. The molecule has 0 bridgehead atoms. The molecule has 0 N–H and O–H groups in total. The molecular weight excluding hydrogens is 310 g/mol. The molecule has 0 aliphatic carbocycles. The first kappa shape index (κ1) is 21.0. The van der Waals surface area contributed by atoms with Gasteiger partial charge in [0.25, 0.3) is 0 Å². The van der Waals surface area contributed by atoms with Gasteiger partial charge in [0.15, 0.2) is 5.52 Å². The number of rotatable bonds is 4. The van der Waals surface area contributed by atoms with E-state index in [0.29, 0.717) is 0 Å². The maximum atomic E-state index is 12.7. The summed E-state index contributed by atoms with van der Waals surface area (Å²) in [5, 5.41) is 1.08. The summed E-state index contributed by atoms with van der Waals surface area (Å²) in [6, 6.07) is 12.0. The van der Waals surface area contributed by atoms with Gasteiger partial charge in [0, 0.05) is 5.56 Å². The van der Waals surface area contributed by atoms with Crippen molar-refractivity contribution in [3.63, 3.8) is 0 Å². The quantitative estimate of drug-likeness (QED) is 0.615. The predicted octanol–water partition coefficient (Wildman–Crippen LogP) is 4.28. The van der Waals surface area contributed by atoms with Crippen molar-refractivity contribution >= 4 is 38.3 Å². The second-order valence-corrected chi connectivity index (χ2v) is 8.15. The summed E-state index contributed by atoms with van der Waals surface area (Å²) in [4.78, 5) is 12.7. The summed E-state index contributed by atoms with van der Waals surface area (Å²) in [7, 11) is 0.137. The molecule has 0 radical (unpaired) electrons. The molecule has 0 amide bonds. The third-order valence-electron chi connectivity index (χ3n) is 3.58. The van der Waals surface area contributed by atoms with Crippen LogP contribution in [0.5, 0.6) is 5.75 Å². The summed E-state index contributed by atoms with van der Waals surface area (Å²) in [6.45, 7) is 12.1. The van der Waals surface area contributed by atoms with Gasteiger partial charge in [-0.25, -0.2) is 0 Å². The normalized spacial score (nSPS) is 11.4. The van der Waals surface area contributed by atoms with Gasteiger partial charge in [-0.3, -0.25) is 4.79 Å². The van der Waals surface area contributed by atoms with E-state index in [1.807, 2.05) is 77.9 Å². The number of benzene rings is 2. The molecule has 0 aliphatic heterocycles. The first-order valence-electron chi connectivity index (χ1n) is 7.84. The number of carbonyl (C=O) groups is 1. The molecule has 0 aliphatic rings. The number of hydrogen-bond acceptors (Lipinski definition) is 2. The molecule has 0 spiro atoms. The summed E-state index contributed by atoms with van der Waals surface area (Å²) in [5.74, 6) is 0.850. The Morgan fingerprint density at radius 1 is 0.958 bits per heavy atom. The van der Waals surface area contributed by atoms with Crippen molar-refractivity contribution in [3.05, 3.63) is 58.7 Å². The van der Waals surface area contributed by atoms with E-state index in [1.54, 1.807) is 0 Å². The summed E-state index contributed by atoms with van der Waals surface area (Å²) >= 11 is 0. The van der Waals surface area contributed by atoms with Crippen molar-refractivity contribution < 1.29 is 9.53 Å². The minimum absolute atomic E-state index is 0. The van der Waals surface area contributed by atoms with E-state index in [4.69, 9.17) is 4.74 Å². The average molecular weight is 336 g/mol. The number of ether oxygens (including phenoxy) is 1. The molecule has 2 rings (SSSR count). The standard InChI is InChI=1S/C20H25O2P.Li.H/c1-13-8-7-9-14(2)18(13)19(21)23-17-11-10-16(12-15(17)3)22-20(4,5)6;;/h7-12,23H,1-6H3;;. The Balaban J connectivity index is 0.00000288. The van der Waals surface area contributed by atoms with Crippen molar-refractivity contribution in [1.82, 2.24) is 0 Å². The molecular formula is C20H26LiO2P. The van der Waals surface area contributed by atoms with Gasteiger partial charge < -0.3 is 4.74 Å². The van der Waals surface area contributed by atoms with Crippen LogP contribution in [0.15, 0.2) is 36.4 Å². The van der Waals surface area contributed by atoms with E-state index in [9.17, 15) is 4.79 Å². The Labute approximate surface area is 159 Å². The van der Waals surface area contributed by atoms with Crippen LogP contribution in [0, 0.1) is 20.8 Å². The fraction of sp³-hybridized carbons (Fsp3) is 0.350. The molecule has 0 saturated heterocycles. The molecule has 124 valence electrons. The number of hydrogen-bond donors (Lipinski definition) is 0. The van der Waals surface area contributed by atoms with Gasteiger partial charge in [0.2, 0.25) is 0 Å². The van der Waals surface area contributed by atoms with Gasteiger partial charge in [-0.2, -0.15) is 0 Å². The Hall–Kier alpha value is -1.06. The van der Waals surface area contributed by atoms with E-state index in [2.05, 4.69) is 0 Å². The third kappa shape index (κ3) is 5.49. The molecule has 4 heteroatoms. The second kappa shape index (κ2) is 8.35. The van der Waals surface area contributed by atoms with Crippen molar-refractivity contribution in [2.45, 2.75) is 47.1 Å². The average Bonchev–Trinajstić information content (AvgIpc) is 2.40. The molecule has 2 aromatic rings. The van der Waals surface area contributed by atoms with Gasteiger partial charge in [-0.15, -0.1) is 0 Å². The topological polar surface area (TPSA) is 26.3 Å². The maximum absolute atomic E-state index is 12.7. The van der Waals surface area contributed by atoms with E-state index < -0.39 is 0 Å². The zero-order chi connectivity index (χ0) is 17.2. The first-order chi connectivity index (χ1) is 10.7. The summed E-state index contributed by atoms with van der Waals surface area (Å²) in [6.07, 6.45) is 0. The molecule has 0 fully saturated rings.